The predicted octanol–water partition coefficient (Wildman–Crippen LogP) is 1.82. The van der Waals surface area contributed by atoms with Crippen molar-refractivity contribution in [3.05, 3.63) is 18.3 Å². The van der Waals surface area contributed by atoms with E-state index in [0.717, 1.165) is 25.7 Å². The quantitative estimate of drug-likeness (QED) is 0.796. The monoisotopic (exact) mass is 374 g/mol. The largest absolute Gasteiger partial charge is 0.493 e. The summed E-state index contributed by atoms with van der Waals surface area (Å²) in [5.74, 6) is 1.50. The van der Waals surface area contributed by atoms with E-state index in [4.69, 9.17) is 9.47 Å². The van der Waals surface area contributed by atoms with Crippen LogP contribution in [-0.2, 0) is 4.79 Å². The van der Waals surface area contributed by atoms with Gasteiger partial charge in [-0.15, -0.1) is 0 Å². The van der Waals surface area contributed by atoms with Crippen molar-refractivity contribution < 1.29 is 19.4 Å². The topological polar surface area (TPSA) is 96.8 Å². The molecule has 0 radical (unpaired) electrons. The van der Waals surface area contributed by atoms with E-state index in [1.807, 2.05) is 0 Å². The average Bonchev–Trinajstić information content (AvgIpc) is 2.67. The minimum Gasteiger partial charge on any atom is -0.493 e. The summed E-state index contributed by atoms with van der Waals surface area (Å²) in [6, 6.07) is 3.77. The summed E-state index contributed by atoms with van der Waals surface area (Å²) < 4.78 is 11.0. The van der Waals surface area contributed by atoms with E-state index in [1.54, 1.807) is 39.5 Å². The Morgan fingerprint density at radius 2 is 1.93 bits per heavy atom. The summed E-state index contributed by atoms with van der Waals surface area (Å²) in [4.78, 5) is 22.3. The molecule has 3 rings (SSSR count). The molecule has 1 aliphatic carbocycles. The summed E-state index contributed by atoms with van der Waals surface area (Å²) in [7, 11) is 4.90. The van der Waals surface area contributed by atoms with Crippen LogP contribution in [0.25, 0.3) is 11.0 Å². The second-order valence-corrected chi connectivity index (χ2v) is 6.97. The third-order valence-electron chi connectivity index (χ3n) is 4.73. The Bertz CT molecular complexity index is 804. The first-order valence-electron chi connectivity index (χ1n) is 9.08. The van der Waals surface area contributed by atoms with Gasteiger partial charge < -0.3 is 24.8 Å². The zero-order chi connectivity index (χ0) is 19.4. The van der Waals surface area contributed by atoms with Crippen molar-refractivity contribution >= 4 is 22.8 Å². The molecule has 2 aromatic rings. The van der Waals surface area contributed by atoms with Gasteiger partial charge in [0.1, 0.15) is 5.82 Å². The van der Waals surface area contributed by atoms with Crippen molar-refractivity contribution in [3.63, 3.8) is 0 Å². The second kappa shape index (κ2) is 8.39. The van der Waals surface area contributed by atoms with Gasteiger partial charge in [0.05, 0.1) is 30.4 Å². The molecule has 1 saturated carbocycles. The van der Waals surface area contributed by atoms with Crippen LogP contribution >= 0.6 is 0 Å². The molecule has 0 saturated heterocycles. The minimum absolute atomic E-state index is 0.0787. The zero-order valence-corrected chi connectivity index (χ0v) is 15.9. The number of nitrogens with zero attached hydrogens (tertiary/aromatic N) is 3. The molecule has 146 valence electrons. The summed E-state index contributed by atoms with van der Waals surface area (Å²) >= 11 is 0. The van der Waals surface area contributed by atoms with Gasteiger partial charge in [-0.25, -0.2) is 4.98 Å². The van der Waals surface area contributed by atoms with E-state index < -0.39 is 0 Å². The van der Waals surface area contributed by atoms with Crippen LogP contribution in [0.4, 0.5) is 5.82 Å². The molecular weight excluding hydrogens is 348 g/mol. The molecule has 1 heterocycles. The fourth-order valence-corrected chi connectivity index (χ4v) is 3.06. The summed E-state index contributed by atoms with van der Waals surface area (Å²) in [5, 5.41) is 13.0. The number of amides is 1. The van der Waals surface area contributed by atoms with Gasteiger partial charge in [-0.3, -0.25) is 9.78 Å². The number of likely N-dealkylation sites (N-methyl/N-ethyl adjacent to an activating group) is 1. The van der Waals surface area contributed by atoms with Crippen LogP contribution in [0.1, 0.15) is 25.7 Å². The van der Waals surface area contributed by atoms with E-state index in [1.165, 1.54) is 4.90 Å². The fraction of sp³-hybridized carbons (Fsp3) is 0.526. The summed E-state index contributed by atoms with van der Waals surface area (Å²) in [6.45, 7) is -0.0787. The molecule has 1 aromatic carbocycles. The highest BCUT2D eigenvalue weighted by molar-refractivity contribution is 5.81. The summed E-state index contributed by atoms with van der Waals surface area (Å²) in [5.41, 5.74) is 1.34. The number of carbonyl (C=O) groups excluding carboxylic acids is 1. The highest BCUT2D eigenvalue weighted by Crippen LogP contribution is 2.31. The molecule has 0 spiro atoms. The number of nitrogens with one attached hydrogen (secondary N) is 1. The van der Waals surface area contributed by atoms with E-state index in [2.05, 4.69) is 15.3 Å². The molecule has 1 aromatic heterocycles. The number of hydrogen-bond acceptors (Lipinski definition) is 7. The van der Waals surface area contributed by atoms with Gasteiger partial charge in [-0.05, 0) is 25.7 Å². The number of carbonyl (C=O) groups is 1. The van der Waals surface area contributed by atoms with Crippen LogP contribution in [-0.4, -0.2) is 65.8 Å². The van der Waals surface area contributed by atoms with Gasteiger partial charge in [0.2, 0.25) is 0 Å². The number of methoxy groups -OCH3 is 1. The van der Waals surface area contributed by atoms with E-state index in [0.29, 0.717) is 28.4 Å². The Labute approximate surface area is 158 Å². The third kappa shape index (κ3) is 4.77. The Hall–Kier alpha value is -2.61. The van der Waals surface area contributed by atoms with Crippen LogP contribution in [0.2, 0.25) is 0 Å². The molecule has 0 bridgehead atoms. The van der Waals surface area contributed by atoms with Gasteiger partial charge >= 0.3 is 0 Å². The predicted molar refractivity (Wildman–Crippen MR) is 102 cm³/mol. The normalized spacial score (nSPS) is 19.6. The highest BCUT2D eigenvalue weighted by atomic mass is 16.5. The first-order valence-corrected chi connectivity index (χ1v) is 9.08. The molecule has 2 N–H and O–H groups in total. The molecule has 8 nitrogen and oxygen atoms in total. The number of aliphatic hydroxyl groups is 1. The molecule has 0 unspecified atom stereocenters. The van der Waals surface area contributed by atoms with Crippen LogP contribution in [0.3, 0.4) is 0 Å². The van der Waals surface area contributed by atoms with Crippen molar-refractivity contribution in [3.8, 4) is 11.5 Å². The number of ether oxygens (including phenoxy) is 2. The van der Waals surface area contributed by atoms with Crippen LogP contribution < -0.4 is 14.8 Å². The van der Waals surface area contributed by atoms with Gasteiger partial charge in [0.15, 0.2) is 18.1 Å². The second-order valence-electron chi connectivity index (χ2n) is 6.97. The first kappa shape index (κ1) is 19.2. The number of anilines is 1. The van der Waals surface area contributed by atoms with E-state index in [-0.39, 0.29) is 24.7 Å². The lowest BCUT2D eigenvalue weighted by Crippen LogP contribution is -2.28. The summed E-state index contributed by atoms with van der Waals surface area (Å²) in [6.07, 6.45) is 4.92. The van der Waals surface area contributed by atoms with Crippen LogP contribution in [0, 0.1) is 0 Å². The number of fused-ring (bicyclic) bond motifs is 1. The van der Waals surface area contributed by atoms with Crippen LogP contribution in [0.5, 0.6) is 11.5 Å². The molecule has 1 amide bonds. The number of rotatable bonds is 6. The maximum Gasteiger partial charge on any atom is 0.259 e. The van der Waals surface area contributed by atoms with Crippen molar-refractivity contribution in [1.29, 1.82) is 0 Å². The van der Waals surface area contributed by atoms with E-state index >= 15 is 0 Å². The fourth-order valence-electron chi connectivity index (χ4n) is 3.06. The molecule has 1 fully saturated rings. The number of benzene rings is 1. The Morgan fingerprint density at radius 3 is 2.59 bits per heavy atom. The lowest BCUT2D eigenvalue weighted by molar-refractivity contribution is -0.130. The zero-order valence-electron chi connectivity index (χ0n) is 15.9. The smallest absolute Gasteiger partial charge is 0.259 e. The standard InChI is InChI=1S/C19H26N4O4/c1-23(2)19(25)11-27-17-9-15-14(8-16(17)26-3)20-10-18(22-15)21-12-4-6-13(24)7-5-12/h8-10,12-13,24H,4-7,11H2,1-3H3,(H,21,22). The number of aliphatic hydroxyl groups excluding tert-OH is 1. The SMILES string of the molecule is COc1cc2ncc(NC3CCC(O)CC3)nc2cc1OCC(=O)N(C)C. The van der Waals surface area contributed by atoms with Crippen molar-refractivity contribution in [2.75, 3.05) is 33.1 Å². The Morgan fingerprint density at radius 1 is 1.22 bits per heavy atom. The van der Waals surface area contributed by atoms with Crippen LogP contribution in [0.15, 0.2) is 18.3 Å². The van der Waals surface area contributed by atoms with Crippen molar-refractivity contribution in [1.82, 2.24) is 14.9 Å². The Kier molecular flexibility index (Phi) is 5.95. The molecule has 1 aliphatic rings. The van der Waals surface area contributed by atoms with Gasteiger partial charge in [0, 0.05) is 32.3 Å². The maximum absolute atomic E-state index is 11.8. The van der Waals surface area contributed by atoms with Gasteiger partial charge in [-0.1, -0.05) is 0 Å². The first-order chi connectivity index (χ1) is 13.0. The lowest BCUT2D eigenvalue weighted by atomic mass is 9.93. The minimum atomic E-state index is -0.192. The lowest BCUT2D eigenvalue weighted by Gasteiger charge is -2.26. The van der Waals surface area contributed by atoms with Gasteiger partial charge in [-0.2, -0.15) is 0 Å². The number of hydrogen-bond donors (Lipinski definition) is 2. The van der Waals surface area contributed by atoms with Crippen molar-refractivity contribution in [2.24, 2.45) is 0 Å². The number of aromatic nitrogens is 2. The van der Waals surface area contributed by atoms with Gasteiger partial charge in [0.25, 0.3) is 5.91 Å². The molecule has 0 atom stereocenters. The molecule has 8 heteroatoms. The molecule has 27 heavy (non-hydrogen) atoms. The average molecular weight is 374 g/mol. The Balaban J connectivity index is 1.78. The third-order valence-corrected chi connectivity index (χ3v) is 4.73. The highest BCUT2D eigenvalue weighted by Gasteiger charge is 2.20. The molecule has 0 aliphatic heterocycles. The maximum atomic E-state index is 11.8. The molecular formula is C19H26N4O4. The van der Waals surface area contributed by atoms with Crippen molar-refractivity contribution in [2.45, 2.75) is 37.8 Å². The van der Waals surface area contributed by atoms with E-state index in [9.17, 15) is 9.90 Å².